The van der Waals surface area contributed by atoms with E-state index in [4.69, 9.17) is 0 Å². The Hall–Kier alpha value is -3.78. The van der Waals surface area contributed by atoms with Crippen molar-refractivity contribution in [3.05, 3.63) is 100 Å². The number of aromatic hydroxyl groups is 1. The summed E-state index contributed by atoms with van der Waals surface area (Å²) in [6, 6.07) is 17.3. The summed E-state index contributed by atoms with van der Waals surface area (Å²) in [7, 11) is -4.35. The van der Waals surface area contributed by atoms with Gasteiger partial charge < -0.3 is 5.11 Å². The molecule has 0 spiro atoms. The van der Waals surface area contributed by atoms with Crippen LogP contribution >= 0.6 is 0 Å². The van der Waals surface area contributed by atoms with Crippen LogP contribution in [0.5, 0.6) is 5.88 Å². The van der Waals surface area contributed by atoms with Gasteiger partial charge in [-0.15, -0.1) is 0 Å². The van der Waals surface area contributed by atoms with E-state index in [0.29, 0.717) is 18.7 Å². The maximum atomic E-state index is 13.7. The van der Waals surface area contributed by atoms with Gasteiger partial charge in [-0.3, -0.25) is 14.3 Å². The normalized spacial score (nSPS) is 12.4. The third-order valence-corrected chi connectivity index (χ3v) is 8.32. The predicted molar refractivity (Wildman–Crippen MR) is 144 cm³/mol. The molecule has 7 nitrogen and oxygen atoms in total. The summed E-state index contributed by atoms with van der Waals surface area (Å²) in [6.07, 6.45) is 6.05. The van der Waals surface area contributed by atoms with Crippen LogP contribution in [0.3, 0.4) is 0 Å². The Morgan fingerprint density at radius 3 is 2.32 bits per heavy atom. The molecule has 1 N–H and O–H groups in total. The predicted octanol–water partition coefficient (Wildman–Crippen LogP) is 5.49. The zero-order valence-corrected chi connectivity index (χ0v) is 22.1. The Kier molecular flexibility index (Phi) is 7.88. The molecule has 2 heterocycles. The minimum absolute atomic E-state index is 0.0854. The number of sulfone groups is 1. The highest BCUT2D eigenvalue weighted by Gasteiger charge is 2.31. The van der Waals surface area contributed by atoms with Gasteiger partial charge >= 0.3 is 0 Å². The molecule has 1 unspecified atom stereocenters. The highest BCUT2D eigenvalue weighted by molar-refractivity contribution is 7.91. The van der Waals surface area contributed by atoms with Gasteiger partial charge in [0, 0.05) is 18.8 Å². The molecule has 0 radical (unpaired) electrons. The van der Waals surface area contributed by atoms with E-state index in [0.717, 1.165) is 35.1 Å². The number of benzene rings is 2. The molecule has 8 heteroatoms. The first-order valence-corrected chi connectivity index (χ1v) is 13.9. The molecule has 0 saturated carbocycles. The third kappa shape index (κ3) is 5.20. The van der Waals surface area contributed by atoms with E-state index in [1.807, 2.05) is 57.2 Å². The van der Waals surface area contributed by atoms with Crippen molar-refractivity contribution < 1.29 is 13.5 Å². The van der Waals surface area contributed by atoms with Crippen molar-refractivity contribution in [1.29, 1.82) is 0 Å². The summed E-state index contributed by atoms with van der Waals surface area (Å²) in [5.74, 6) is -0.196. The van der Waals surface area contributed by atoms with Crippen molar-refractivity contribution in [3.8, 4) is 17.0 Å². The second-order valence-corrected chi connectivity index (χ2v) is 10.9. The summed E-state index contributed by atoms with van der Waals surface area (Å²) < 4.78 is 28.9. The van der Waals surface area contributed by atoms with Crippen LogP contribution in [0.2, 0.25) is 0 Å². The van der Waals surface area contributed by atoms with Crippen molar-refractivity contribution in [2.45, 2.75) is 62.3 Å². The molecule has 2 aromatic carbocycles. The van der Waals surface area contributed by atoms with Crippen LogP contribution in [-0.4, -0.2) is 28.1 Å². The summed E-state index contributed by atoms with van der Waals surface area (Å²) in [4.78, 5) is 20.6. The van der Waals surface area contributed by atoms with Crippen LogP contribution in [0.15, 0.2) is 87.6 Å². The second-order valence-electron chi connectivity index (χ2n) is 9.01. The van der Waals surface area contributed by atoms with E-state index in [-0.39, 0.29) is 10.9 Å². The van der Waals surface area contributed by atoms with Crippen molar-refractivity contribution >= 4 is 9.84 Å². The van der Waals surface area contributed by atoms with E-state index in [2.05, 4.69) is 9.97 Å². The van der Waals surface area contributed by atoms with Gasteiger partial charge in [0.1, 0.15) is 5.82 Å². The van der Waals surface area contributed by atoms with E-state index >= 15 is 0 Å². The van der Waals surface area contributed by atoms with E-state index in [9.17, 15) is 18.3 Å². The number of aryl methyl sites for hydroxylation is 2. The lowest BCUT2D eigenvalue weighted by Crippen LogP contribution is -2.27. The molecule has 4 rings (SSSR count). The molecule has 1 atom stereocenters. The number of unbranched alkanes of at least 4 members (excludes halogenated alkanes) is 1. The Bertz CT molecular complexity index is 1550. The summed E-state index contributed by atoms with van der Waals surface area (Å²) in [5, 5.41) is 11.4. The monoisotopic (exact) mass is 517 g/mol. The fourth-order valence-corrected chi connectivity index (χ4v) is 5.94. The molecule has 0 aliphatic rings. The van der Waals surface area contributed by atoms with E-state index in [1.54, 1.807) is 24.5 Å². The molecular weight excluding hydrogens is 486 g/mol. The lowest BCUT2D eigenvalue weighted by atomic mass is 10.0. The SMILES string of the molecule is CCCCc1nc(=O)c(S(=O)(=O)c2ccc(-c3ccncc3C)cc2)c(O)n1C(CC)c1ccccc1. The van der Waals surface area contributed by atoms with Gasteiger partial charge in [0.05, 0.1) is 10.9 Å². The first kappa shape index (κ1) is 26.3. The lowest BCUT2D eigenvalue weighted by molar-refractivity contribution is 0.358. The first-order chi connectivity index (χ1) is 17.8. The number of aromatic nitrogens is 3. The van der Waals surface area contributed by atoms with Crippen LogP contribution in [0, 0.1) is 6.92 Å². The average molecular weight is 518 g/mol. The number of hydrogen-bond acceptors (Lipinski definition) is 6. The maximum absolute atomic E-state index is 13.7. The molecule has 0 amide bonds. The quantitative estimate of drug-likeness (QED) is 0.315. The van der Waals surface area contributed by atoms with Crippen molar-refractivity contribution in [3.63, 3.8) is 0 Å². The van der Waals surface area contributed by atoms with E-state index in [1.165, 1.54) is 16.7 Å². The van der Waals surface area contributed by atoms with E-state index < -0.39 is 26.2 Å². The largest absolute Gasteiger partial charge is 0.493 e. The van der Waals surface area contributed by atoms with Gasteiger partial charge in [0.25, 0.3) is 5.56 Å². The van der Waals surface area contributed by atoms with Crippen LogP contribution in [0.25, 0.3) is 11.1 Å². The number of hydrogen-bond donors (Lipinski definition) is 1. The molecule has 2 aromatic heterocycles. The second kappa shape index (κ2) is 11.1. The van der Waals surface area contributed by atoms with Crippen LogP contribution in [0.1, 0.15) is 56.1 Å². The van der Waals surface area contributed by atoms with Crippen molar-refractivity contribution in [2.75, 3.05) is 0 Å². The smallest absolute Gasteiger partial charge is 0.296 e. The van der Waals surface area contributed by atoms with Gasteiger partial charge in [0.2, 0.25) is 15.7 Å². The zero-order chi connectivity index (χ0) is 26.6. The Balaban J connectivity index is 1.86. The fraction of sp³-hybridized carbons (Fsp3) is 0.276. The molecule has 0 saturated heterocycles. The number of nitrogens with zero attached hydrogens (tertiary/aromatic N) is 3. The lowest BCUT2D eigenvalue weighted by Gasteiger charge is -2.25. The molecule has 4 aromatic rings. The molecular formula is C29H31N3O4S. The third-order valence-electron chi connectivity index (χ3n) is 6.54. The first-order valence-electron chi connectivity index (χ1n) is 12.4. The Labute approximate surface area is 217 Å². The minimum atomic E-state index is -4.35. The Morgan fingerprint density at radius 2 is 1.70 bits per heavy atom. The maximum Gasteiger partial charge on any atom is 0.296 e. The van der Waals surface area contributed by atoms with Gasteiger partial charge in [-0.05, 0) is 60.2 Å². The summed E-state index contributed by atoms with van der Waals surface area (Å²) in [5.41, 5.74) is 2.65. The number of rotatable bonds is 9. The highest BCUT2D eigenvalue weighted by atomic mass is 32.2. The molecule has 37 heavy (non-hydrogen) atoms. The summed E-state index contributed by atoms with van der Waals surface area (Å²) >= 11 is 0. The van der Waals surface area contributed by atoms with Gasteiger partial charge in [0.15, 0.2) is 4.90 Å². The summed E-state index contributed by atoms with van der Waals surface area (Å²) in [6.45, 7) is 5.90. The van der Waals surface area contributed by atoms with Crippen LogP contribution < -0.4 is 5.56 Å². The van der Waals surface area contributed by atoms with Crippen LogP contribution in [0.4, 0.5) is 0 Å². The molecule has 0 bridgehead atoms. The zero-order valence-electron chi connectivity index (χ0n) is 21.3. The van der Waals surface area contributed by atoms with Gasteiger partial charge in [-0.2, -0.15) is 4.98 Å². The highest BCUT2D eigenvalue weighted by Crippen LogP contribution is 2.34. The van der Waals surface area contributed by atoms with Crippen molar-refractivity contribution in [2.24, 2.45) is 0 Å². The van der Waals surface area contributed by atoms with Crippen molar-refractivity contribution in [1.82, 2.24) is 14.5 Å². The van der Waals surface area contributed by atoms with Crippen LogP contribution in [-0.2, 0) is 16.3 Å². The molecule has 192 valence electrons. The molecule has 0 fully saturated rings. The van der Waals surface area contributed by atoms with Gasteiger partial charge in [-0.1, -0.05) is 62.7 Å². The minimum Gasteiger partial charge on any atom is -0.493 e. The average Bonchev–Trinajstić information content (AvgIpc) is 2.90. The standard InChI is InChI=1S/C29H31N3O4S/c1-4-6-12-26-31-28(33)27(29(34)32(26)25(5-2)22-10-8-7-9-11-22)37(35,36)23-15-13-21(14-16-23)24-17-18-30-19-20(24)3/h7-11,13-19,25,34H,4-6,12H2,1-3H3. The topological polar surface area (TPSA) is 102 Å². The molecule has 0 aliphatic heterocycles. The van der Waals surface area contributed by atoms with Gasteiger partial charge in [-0.25, -0.2) is 8.42 Å². The Morgan fingerprint density at radius 1 is 1.00 bits per heavy atom. The molecule has 0 aliphatic carbocycles. The fourth-order valence-electron chi connectivity index (χ4n) is 4.59. The number of pyridine rings is 1.